The van der Waals surface area contributed by atoms with E-state index in [4.69, 9.17) is 16.2 Å². The highest BCUT2D eigenvalue weighted by atomic mass is 32.2. The fourth-order valence-electron chi connectivity index (χ4n) is 5.42. The second-order valence-corrected chi connectivity index (χ2v) is 13.9. The Labute approximate surface area is 293 Å². The SMILES string of the molecule is CC1=C(C(=O)Oc2ccc([C@@H](N)C(=O)N[C@@H]3C(=O)N4C(C(=O)O)=C(C)CS[C@H]34)cc2)NC(C(NC(=O)[C@H](N)c2ccc(O)cc2)C(=O)O)SC1. The summed E-state index contributed by atoms with van der Waals surface area (Å²) in [6.45, 7) is 3.30. The first-order valence-electron chi connectivity index (χ1n) is 15.1. The number of carboxylic acids is 2. The molecule has 264 valence electrons. The van der Waals surface area contributed by atoms with Crippen molar-refractivity contribution < 1.29 is 48.8 Å². The Kier molecular flexibility index (Phi) is 10.8. The number of hydrogen-bond donors (Lipinski definition) is 8. The van der Waals surface area contributed by atoms with E-state index in [1.807, 2.05) is 0 Å². The number of nitrogens with two attached hydrogens (primary N) is 2. The Balaban J connectivity index is 1.18. The van der Waals surface area contributed by atoms with Gasteiger partial charge in [0.25, 0.3) is 5.91 Å². The Morgan fingerprint density at radius 1 is 0.900 bits per heavy atom. The highest BCUT2D eigenvalue weighted by molar-refractivity contribution is 8.00. The number of nitrogens with one attached hydrogen (secondary N) is 3. The summed E-state index contributed by atoms with van der Waals surface area (Å²) in [7, 11) is 0. The number of amides is 3. The van der Waals surface area contributed by atoms with Crippen LogP contribution in [0.3, 0.4) is 0 Å². The van der Waals surface area contributed by atoms with Crippen molar-refractivity contribution in [2.45, 2.75) is 48.8 Å². The number of rotatable bonds is 11. The Hall–Kier alpha value is -5.04. The first kappa shape index (κ1) is 36.2. The van der Waals surface area contributed by atoms with Crippen LogP contribution in [-0.2, 0) is 28.8 Å². The van der Waals surface area contributed by atoms with Crippen LogP contribution in [0.5, 0.6) is 11.5 Å². The van der Waals surface area contributed by atoms with E-state index in [2.05, 4.69) is 16.0 Å². The summed E-state index contributed by atoms with van der Waals surface area (Å²) >= 11 is 2.50. The third kappa shape index (κ3) is 7.42. The summed E-state index contributed by atoms with van der Waals surface area (Å²) in [6, 6.07) is 6.51. The number of phenols is 1. The second-order valence-electron chi connectivity index (χ2n) is 11.7. The van der Waals surface area contributed by atoms with Crippen LogP contribution in [0.25, 0.3) is 0 Å². The van der Waals surface area contributed by atoms with Gasteiger partial charge >= 0.3 is 17.9 Å². The molecule has 2 unspecified atom stereocenters. The first-order chi connectivity index (χ1) is 23.7. The lowest BCUT2D eigenvalue weighted by Crippen LogP contribution is -2.71. The second kappa shape index (κ2) is 14.8. The van der Waals surface area contributed by atoms with Gasteiger partial charge in [-0.05, 0) is 60.4 Å². The maximum atomic E-state index is 13.2. The highest BCUT2D eigenvalue weighted by Crippen LogP contribution is 2.40. The standard InChI is InChI=1S/C32H34N6O10S2/c1-13-11-49-27(22(30(43)44)35-25(40)19(33)15-3-7-17(39)8-4-15)37-21(13)32(47)48-18-9-5-16(6-10-18)20(34)26(41)36-23-28(42)38-24(31(45)46)14(2)12-50-29(23)38/h3-10,19-20,22-23,27,29,37,39H,11-12,33-34H2,1-2H3,(H,35,40)(H,36,41)(H,43,44)(H,45,46)/t19-,20-,22?,23-,27?,29-/m1/s1. The van der Waals surface area contributed by atoms with Crippen LogP contribution >= 0.6 is 23.5 Å². The lowest BCUT2D eigenvalue weighted by Gasteiger charge is -2.49. The summed E-state index contributed by atoms with van der Waals surface area (Å²) in [5.74, 6) is -4.65. The molecule has 10 N–H and O–H groups in total. The summed E-state index contributed by atoms with van der Waals surface area (Å²) in [5.41, 5.74) is 13.9. The molecule has 0 aliphatic carbocycles. The number of aliphatic carboxylic acids is 2. The van der Waals surface area contributed by atoms with Gasteiger partial charge in [-0.15, -0.1) is 23.5 Å². The largest absolute Gasteiger partial charge is 0.508 e. The normalized spacial score (nSPS) is 21.9. The molecule has 18 heteroatoms. The maximum Gasteiger partial charge on any atom is 0.359 e. The number of β-lactam (4-membered cyclic amide) rings is 1. The molecule has 5 rings (SSSR count). The van der Waals surface area contributed by atoms with Crippen molar-refractivity contribution >= 4 is 59.2 Å². The van der Waals surface area contributed by atoms with Gasteiger partial charge in [0.15, 0.2) is 6.04 Å². The molecular weight excluding hydrogens is 693 g/mol. The Morgan fingerprint density at radius 2 is 1.48 bits per heavy atom. The predicted octanol–water partition coefficient (Wildman–Crippen LogP) is 0.262. The number of benzene rings is 2. The van der Waals surface area contributed by atoms with Crippen molar-refractivity contribution in [2.75, 3.05) is 11.5 Å². The molecule has 0 saturated carbocycles. The zero-order chi connectivity index (χ0) is 36.4. The van der Waals surface area contributed by atoms with Crippen molar-refractivity contribution in [3.8, 4) is 11.5 Å². The fraction of sp³-hybridized carbons (Fsp3) is 0.312. The molecule has 0 radical (unpaired) electrons. The lowest BCUT2D eigenvalue weighted by molar-refractivity contribution is -0.150. The zero-order valence-electron chi connectivity index (χ0n) is 26.6. The molecule has 1 saturated heterocycles. The first-order valence-corrected chi connectivity index (χ1v) is 17.2. The van der Waals surface area contributed by atoms with Crippen LogP contribution in [-0.4, -0.2) is 90.2 Å². The van der Waals surface area contributed by atoms with Gasteiger partial charge in [-0.25, -0.2) is 14.4 Å². The fourth-order valence-corrected chi connectivity index (χ4v) is 7.87. The van der Waals surface area contributed by atoms with Gasteiger partial charge in [0.1, 0.15) is 51.8 Å². The Bertz CT molecular complexity index is 1800. The smallest absolute Gasteiger partial charge is 0.359 e. The molecule has 50 heavy (non-hydrogen) atoms. The monoisotopic (exact) mass is 726 g/mol. The van der Waals surface area contributed by atoms with Crippen LogP contribution in [0.1, 0.15) is 37.1 Å². The number of esters is 1. The minimum Gasteiger partial charge on any atom is -0.508 e. The number of thioether (sulfide) groups is 2. The van der Waals surface area contributed by atoms with Crippen molar-refractivity contribution in [3.05, 3.63) is 82.2 Å². The topological polar surface area (TPSA) is 264 Å². The quantitative estimate of drug-likeness (QED) is 0.0877. The molecular formula is C32H34N6O10S2. The molecule has 0 spiro atoms. The van der Waals surface area contributed by atoms with Gasteiger partial charge < -0.3 is 47.5 Å². The van der Waals surface area contributed by atoms with Crippen LogP contribution in [0.2, 0.25) is 0 Å². The van der Waals surface area contributed by atoms with Gasteiger partial charge in [-0.1, -0.05) is 24.3 Å². The number of carbonyl (C=O) groups excluding carboxylic acids is 4. The number of hydrogen-bond acceptors (Lipinski definition) is 13. The molecule has 6 atom stereocenters. The van der Waals surface area contributed by atoms with E-state index >= 15 is 0 Å². The van der Waals surface area contributed by atoms with Crippen LogP contribution in [0.15, 0.2) is 71.1 Å². The van der Waals surface area contributed by atoms with Crippen LogP contribution < -0.4 is 32.2 Å². The van der Waals surface area contributed by atoms with Gasteiger partial charge in [-0.3, -0.25) is 19.3 Å². The lowest BCUT2D eigenvalue weighted by atomic mass is 10.0. The number of carboxylic acid groups (broad SMARTS) is 2. The number of ether oxygens (including phenoxy) is 1. The number of phenolic OH excluding ortho intramolecular Hbond substituents is 1. The summed E-state index contributed by atoms with van der Waals surface area (Å²) in [5, 5.41) is 35.3. The minimum absolute atomic E-state index is 0.00752. The molecule has 3 aliphatic heterocycles. The molecule has 0 bridgehead atoms. The molecule has 16 nitrogen and oxygen atoms in total. The molecule has 0 aromatic heterocycles. The van der Waals surface area contributed by atoms with E-state index in [-0.39, 0.29) is 28.6 Å². The molecule has 2 aromatic rings. The maximum absolute atomic E-state index is 13.2. The van der Waals surface area contributed by atoms with Gasteiger partial charge in [0.2, 0.25) is 11.8 Å². The average Bonchev–Trinajstić information content (AvgIpc) is 3.09. The van der Waals surface area contributed by atoms with E-state index in [1.165, 1.54) is 60.3 Å². The minimum atomic E-state index is -1.48. The van der Waals surface area contributed by atoms with Crippen molar-refractivity contribution in [1.82, 2.24) is 20.9 Å². The Morgan fingerprint density at radius 3 is 2.08 bits per heavy atom. The van der Waals surface area contributed by atoms with E-state index in [1.54, 1.807) is 13.8 Å². The molecule has 3 heterocycles. The number of aromatic hydroxyl groups is 1. The van der Waals surface area contributed by atoms with Gasteiger partial charge in [0.05, 0.1) is 0 Å². The predicted molar refractivity (Wildman–Crippen MR) is 181 cm³/mol. The van der Waals surface area contributed by atoms with E-state index in [0.717, 1.165) is 16.7 Å². The van der Waals surface area contributed by atoms with E-state index in [9.17, 15) is 44.1 Å². The number of carbonyl (C=O) groups is 6. The van der Waals surface area contributed by atoms with Crippen LogP contribution in [0.4, 0.5) is 0 Å². The van der Waals surface area contributed by atoms with Gasteiger partial charge in [0, 0.05) is 11.5 Å². The summed E-state index contributed by atoms with van der Waals surface area (Å²) < 4.78 is 5.51. The third-order valence-electron chi connectivity index (χ3n) is 8.19. The van der Waals surface area contributed by atoms with E-state index < -0.39 is 70.5 Å². The van der Waals surface area contributed by atoms with Gasteiger partial charge in [-0.2, -0.15) is 0 Å². The van der Waals surface area contributed by atoms with Crippen molar-refractivity contribution in [3.63, 3.8) is 0 Å². The third-order valence-corrected chi connectivity index (χ3v) is 11.0. The molecule has 1 fully saturated rings. The van der Waals surface area contributed by atoms with Crippen molar-refractivity contribution in [2.24, 2.45) is 11.5 Å². The van der Waals surface area contributed by atoms with Crippen LogP contribution in [0, 0.1) is 0 Å². The number of nitrogens with zero attached hydrogens (tertiary/aromatic N) is 1. The summed E-state index contributed by atoms with van der Waals surface area (Å²) in [4.78, 5) is 76.7. The molecule has 3 aliphatic rings. The van der Waals surface area contributed by atoms with Crippen molar-refractivity contribution in [1.29, 1.82) is 0 Å². The molecule has 2 aromatic carbocycles. The average molecular weight is 727 g/mol. The number of fused-ring (bicyclic) bond motifs is 1. The zero-order valence-corrected chi connectivity index (χ0v) is 28.2. The summed E-state index contributed by atoms with van der Waals surface area (Å²) in [6.07, 6.45) is 0. The molecule has 3 amide bonds. The highest BCUT2D eigenvalue weighted by Gasteiger charge is 2.54. The van der Waals surface area contributed by atoms with E-state index in [0.29, 0.717) is 28.0 Å².